The lowest BCUT2D eigenvalue weighted by molar-refractivity contribution is -0.119. The van der Waals surface area contributed by atoms with Gasteiger partial charge >= 0.3 is 0 Å². The fourth-order valence-corrected chi connectivity index (χ4v) is 15.8. The maximum atomic E-state index is 13.8. The van der Waals surface area contributed by atoms with Crippen LogP contribution in [0.15, 0.2) is 84.3 Å². The predicted octanol–water partition coefficient (Wildman–Crippen LogP) is 7.53. The minimum absolute atomic E-state index is 0.00688. The summed E-state index contributed by atoms with van der Waals surface area (Å²) < 4.78 is 89.9. The zero-order valence-corrected chi connectivity index (χ0v) is 44.9. The molecule has 4 aromatic carbocycles. The van der Waals surface area contributed by atoms with E-state index in [0.29, 0.717) is 108 Å². The van der Waals surface area contributed by atoms with Gasteiger partial charge < -0.3 is 14.7 Å². The molecule has 1 saturated carbocycles. The number of nitrogens with zero attached hydrogens (tertiary/aromatic N) is 3. The molecule has 69 heavy (non-hydrogen) atoms. The van der Waals surface area contributed by atoms with Crippen molar-refractivity contribution >= 4 is 108 Å². The first-order valence-electron chi connectivity index (χ1n) is 23.1. The highest BCUT2D eigenvalue weighted by atomic mass is 79.9. The zero-order valence-electron chi connectivity index (χ0n) is 38.5. The third kappa shape index (κ3) is 11.5. The number of carbonyl (C=O) groups is 3. The standard InChI is InChI=1S/C48H55Br2ClN6O9S3/c1-29(2)12-16-52-68(63,64)46-27-43-36(24-40(46)51)15-19-57(43)48(60)21-32-4-6-33(7-5-32)28-53-67(61,62)44-26-42-35(23-38(44)49)14-18-56(42)47(59)11-9-31-8-10-37(20-31)54-69(65,66)45-25-41-34(22-39(45)50)13-17-55(41)30(3)58/h4-7,22-27,29,31,37,52-54H,8-21,28H2,1-3H3. The lowest BCUT2D eigenvalue weighted by atomic mass is 10.0. The molecule has 8 rings (SSSR count). The molecule has 3 N–H and O–H groups in total. The summed E-state index contributed by atoms with van der Waals surface area (Å²) in [5.41, 5.74) is 5.56. The van der Waals surface area contributed by atoms with Gasteiger partial charge in [-0.2, -0.15) is 0 Å². The fraction of sp³-hybridized carbons (Fsp3) is 0.438. The van der Waals surface area contributed by atoms with Crippen LogP contribution >= 0.6 is 43.5 Å². The lowest BCUT2D eigenvalue weighted by Gasteiger charge is -2.20. The molecule has 4 aromatic rings. The number of amides is 3. The van der Waals surface area contributed by atoms with E-state index >= 15 is 0 Å². The van der Waals surface area contributed by atoms with Gasteiger partial charge in [0.05, 0.1) is 21.2 Å². The Labute approximate surface area is 426 Å². The van der Waals surface area contributed by atoms with Gasteiger partial charge in [0.1, 0.15) is 4.90 Å². The number of carbonyl (C=O) groups excluding carboxylic acids is 3. The number of anilines is 3. The van der Waals surface area contributed by atoms with E-state index in [2.05, 4.69) is 46.0 Å². The molecule has 0 radical (unpaired) electrons. The number of nitrogens with one attached hydrogen (secondary N) is 3. The van der Waals surface area contributed by atoms with E-state index in [1.165, 1.54) is 19.1 Å². The molecule has 21 heteroatoms. The Morgan fingerprint density at radius 3 is 1.81 bits per heavy atom. The summed E-state index contributed by atoms with van der Waals surface area (Å²) in [6.45, 7) is 7.01. The highest BCUT2D eigenvalue weighted by Crippen LogP contribution is 2.40. The lowest BCUT2D eigenvalue weighted by Crippen LogP contribution is -2.33. The Morgan fingerprint density at radius 1 is 0.681 bits per heavy atom. The topological polar surface area (TPSA) is 199 Å². The summed E-state index contributed by atoms with van der Waals surface area (Å²) in [5.74, 6) is -0.0591. The van der Waals surface area contributed by atoms with Crippen molar-refractivity contribution in [1.82, 2.24) is 14.2 Å². The van der Waals surface area contributed by atoms with E-state index in [-0.39, 0.29) is 75.3 Å². The number of hydrogen-bond donors (Lipinski definition) is 3. The van der Waals surface area contributed by atoms with E-state index < -0.39 is 30.1 Å². The number of halogens is 3. The third-order valence-electron chi connectivity index (χ3n) is 13.4. The molecule has 3 amide bonds. The van der Waals surface area contributed by atoms with Crippen LogP contribution < -0.4 is 28.9 Å². The minimum Gasteiger partial charge on any atom is -0.312 e. The van der Waals surface area contributed by atoms with Crippen LogP contribution in [0.5, 0.6) is 0 Å². The quantitative estimate of drug-likeness (QED) is 0.0957. The summed E-state index contributed by atoms with van der Waals surface area (Å²) >= 11 is 13.3. The van der Waals surface area contributed by atoms with Gasteiger partial charge in [-0.1, -0.05) is 49.7 Å². The van der Waals surface area contributed by atoms with Crippen LogP contribution in [0.1, 0.15) is 87.1 Å². The molecule has 2 unspecified atom stereocenters. The number of benzene rings is 4. The Kier molecular flexibility index (Phi) is 15.5. The maximum Gasteiger partial charge on any atom is 0.242 e. The molecular formula is C48H55Br2ClN6O9S3. The van der Waals surface area contributed by atoms with E-state index in [9.17, 15) is 39.6 Å². The second-order valence-corrected chi connectivity index (χ2v) is 25.9. The van der Waals surface area contributed by atoms with Crippen molar-refractivity contribution in [1.29, 1.82) is 0 Å². The summed E-state index contributed by atoms with van der Waals surface area (Å²) in [6, 6.07) is 16.4. The van der Waals surface area contributed by atoms with Crippen LogP contribution in [-0.2, 0) is 76.7 Å². The van der Waals surface area contributed by atoms with Crippen molar-refractivity contribution in [2.24, 2.45) is 11.8 Å². The van der Waals surface area contributed by atoms with Crippen molar-refractivity contribution in [2.45, 2.75) is 112 Å². The molecule has 1 aliphatic carbocycles. The second-order valence-electron chi connectivity index (χ2n) is 18.7. The largest absolute Gasteiger partial charge is 0.312 e. The van der Waals surface area contributed by atoms with Gasteiger partial charge in [0.15, 0.2) is 0 Å². The van der Waals surface area contributed by atoms with Crippen molar-refractivity contribution in [3.63, 3.8) is 0 Å². The molecule has 3 heterocycles. The van der Waals surface area contributed by atoms with Crippen molar-refractivity contribution < 1.29 is 39.6 Å². The van der Waals surface area contributed by atoms with Crippen molar-refractivity contribution in [3.05, 3.63) is 102 Å². The molecular weight excluding hydrogens is 1100 g/mol. The molecule has 15 nitrogen and oxygen atoms in total. The Morgan fingerprint density at radius 2 is 1.20 bits per heavy atom. The molecule has 1 fully saturated rings. The fourth-order valence-electron chi connectivity index (χ4n) is 9.68. The molecule has 0 spiro atoms. The summed E-state index contributed by atoms with van der Waals surface area (Å²) in [5, 5.41) is 0.104. The van der Waals surface area contributed by atoms with Crippen LogP contribution in [0.4, 0.5) is 17.1 Å². The molecule has 370 valence electrons. The normalized spacial score (nSPS) is 18.0. The van der Waals surface area contributed by atoms with Gasteiger partial charge in [0.25, 0.3) is 0 Å². The molecule has 0 bridgehead atoms. The van der Waals surface area contributed by atoms with Crippen LogP contribution in [-0.4, -0.2) is 75.2 Å². The van der Waals surface area contributed by atoms with Crippen molar-refractivity contribution in [3.8, 4) is 0 Å². The Bertz CT molecular complexity index is 3050. The second kappa shape index (κ2) is 20.8. The van der Waals surface area contributed by atoms with Gasteiger partial charge in [-0.05, 0) is 159 Å². The van der Waals surface area contributed by atoms with E-state index in [0.717, 1.165) is 23.1 Å². The molecule has 4 aliphatic rings. The zero-order chi connectivity index (χ0) is 49.6. The molecule has 3 aliphatic heterocycles. The average molecular weight is 1150 g/mol. The van der Waals surface area contributed by atoms with Gasteiger partial charge in [-0.25, -0.2) is 39.4 Å². The van der Waals surface area contributed by atoms with Crippen molar-refractivity contribution in [2.75, 3.05) is 40.9 Å². The highest BCUT2D eigenvalue weighted by molar-refractivity contribution is 9.10. The Hall–Kier alpha value is -3.73. The summed E-state index contributed by atoms with van der Waals surface area (Å²) in [6.07, 6.45) is 5.19. The van der Waals surface area contributed by atoms with Crippen LogP contribution in [0, 0.1) is 11.8 Å². The first-order chi connectivity index (χ1) is 32.6. The number of sulfonamides is 3. The highest BCUT2D eigenvalue weighted by Gasteiger charge is 2.35. The summed E-state index contributed by atoms with van der Waals surface area (Å²) in [7, 11) is -11.9. The Balaban J connectivity index is 0.841. The van der Waals surface area contributed by atoms with Gasteiger partial charge in [0, 0.05) is 78.1 Å². The van der Waals surface area contributed by atoms with E-state index in [4.69, 9.17) is 11.6 Å². The monoisotopic (exact) mass is 1150 g/mol. The third-order valence-corrected chi connectivity index (χ3v) is 20.2. The number of rotatable bonds is 17. The van der Waals surface area contributed by atoms with Gasteiger partial charge in [-0.3, -0.25) is 14.4 Å². The predicted molar refractivity (Wildman–Crippen MR) is 273 cm³/mol. The maximum absolute atomic E-state index is 13.8. The van der Waals surface area contributed by atoms with Gasteiger partial charge in [-0.15, -0.1) is 0 Å². The first-order valence-corrected chi connectivity index (χ1v) is 29.5. The minimum atomic E-state index is -4.06. The molecule has 0 saturated heterocycles. The van der Waals surface area contributed by atoms with Crippen LogP contribution in [0.2, 0.25) is 5.02 Å². The molecule has 0 aromatic heterocycles. The summed E-state index contributed by atoms with van der Waals surface area (Å²) in [4.78, 5) is 44.2. The number of fused-ring (bicyclic) bond motifs is 3. The van der Waals surface area contributed by atoms with Crippen LogP contribution in [0.3, 0.4) is 0 Å². The average Bonchev–Trinajstić information content (AvgIpc) is 4.10. The smallest absolute Gasteiger partial charge is 0.242 e. The van der Waals surface area contributed by atoms with Gasteiger partial charge in [0.2, 0.25) is 47.8 Å². The first kappa shape index (κ1) is 51.6. The SMILES string of the molecule is CC(=O)N1CCc2cc(Br)c(S(=O)(=O)NC3CCC(CCC(=O)N4CCc5cc(Br)c(S(=O)(=O)NCc6ccc(CC(=O)N7CCc8cc(Cl)c(S(=O)(=O)NCCC(C)C)cc87)cc6)cc54)C3)cc21. The number of hydrogen-bond acceptors (Lipinski definition) is 9. The molecule has 2 atom stereocenters. The van der Waals surface area contributed by atoms with E-state index in [1.807, 2.05) is 13.8 Å². The van der Waals surface area contributed by atoms with Crippen LogP contribution in [0.25, 0.3) is 0 Å². The van der Waals surface area contributed by atoms with E-state index in [1.54, 1.807) is 63.2 Å².